The number of esters is 1. The fourth-order valence-corrected chi connectivity index (χ4v) is 2.29. The largest absolute Gasteiger partial charge is 0.465 e. The van der Waals surface area contributed by atoms with E-state index in [2.05, 4.69) is 12.2 Å². The van der Waals surface area contributed by atoms with Gasteiger partial charge in [-0.05, 0) is 36.1 Å². The van der Waals surface area contributed by atoms with Crippen LogP contribution in [0.25, 0.3) is 0 Å². The highest BCUT2D eigenvalue weighted by molar-refractivity contribution is 7.99. The van der Waals surface area contributed by atoms with E-state index in [1.807, 2.05) is 30.0 Å². The molecule has 0 radical (unpaired) electrons. The Morgan fingerprint density at radius 1 is 1.39 bits per heavy atom. The van der Waals surface area contributed by atoms with Crippen LogP contribution in [0, 0.1) is 0 Å². The summed E-state index contributed by atoms with van der Waals surface area (Å²) in [4.78, 5) is 11.6. The second-order valence-electron chi connectivity index (χ2n) is 3.88. The lowest BCUT2D eigenvalue weighted by Gasteiger charge is -2.08. The predicted molar refractivity (Wildman–Crippen MR) is 77.1 cm³/mol. The molecule has 0 aromatic heterocycles. The van der Waals surface area contributed by atoms with Crippen molar-refractivity contribution in [2.24, 2.45) is 0 Å². The third-order valence-electron chi connectivity index (χ3n) is 2.58. The van der Waals surface area contributed by atoms with Crippen molar-refractivity contribution in [3.05, 3.63) is 35.4 Å². The normalized spacial score (nSPS) is 10.3. The average molecular weight is 267 g/mol. The van der Waals surface area contributed by atoms with Crippen molar-refractivity contribution in [1.82, 2.24) is 5.32 Å². The van der Waals surface area contributed by atoms with E-state index in [1.165, 1.54) is 18.6 Å². The van der Waals surface area contributed by atoms with Gasteiger partial charge >= 0.3 is 5.97 Å². The molecule has 1 rings (SSSR count). The van der Waals surface area contributed by atoms with Gasteiger partial charge in [0.15, 0.2) is 0 Å². The molecule has 0 aliphatic heterocycles. The zero-order chi connectivity index (χ0) is 13.2. The zero-order valence-electron chi connectivity index (χ0n) is 11.1. The van der Waals surface area contributed by atoms with E-state index in [0.717, 1.165) is 18.5 Å². The summed E-state index contributed by atoms with van der Waals surface area (Å²) in [5, 5.41) is 3.36. The molecular weight excluding hydrogens is 246 g/mol. The summed E-state index contributed by atoms with van der Waals surface area (Å²) in [5.41, 5.74) is 1.64. The van der Waals surface area contributed by atoms with E-state index in [1.54, 1.807) is 6.07 Å². The molecule has 0 atom stereocenters. The first kappa shape index (κ1) is 15.1. The minimum atomic E-state index is -0.270. The maximum atomic E-state index is 11.6. The number of hydrogen-bond acceptors (Lipinski definition) is 4. The van der Waals surface area contributed by atoms with Gasteiger partial charge in [0.05, 0.1) is 12.7 Å². The topological polar surface area (TPSA) is 38.3 Å². The molecule has 0 heterocycles. The molecular formula is C14H21NO2S. The van der Waals surface area contributed by atoms with E-state index in [9.17, 15) is 4.79 Å². The standard InChI is InChI=1S/C14H21NO2S/c1-3-18-10-6-9-15-11-12-7-4-5-8-13(12)14(16)17-2/h4-5,7-8,15H,3,6,9-11H2,1-2H3. The van der Waals surface area contributed by atoms with Crippen molar-refractivity contribution in [1.29, 1.82) is 0 Å². The molecule has 3 nitrogen and oxygen atoms in total. The van der Waals surface area contributed by atoms with Gasteiger partial charge in [-0.3, -0.25) is 0 Å². The molecule has 1 aromatic carbocycles. The van der Waals surface area contributed by atoms with Gasteiger partial charge in [0.25, 0.3) is 0 Å². The molecule has 0 fully saturated rings. The maximum Gasteiger partial charge on any atom is 0.338 e. The Morgan fingerprint density at radius 3 is 2.89 bits per heavy atom. The van der Waals surface area contributed by atoms with Gasteiger partial charge in [0, 0.05) is 6.54 Å². The minimum Gasteiger partial charge on any atom is -0.465 e. The lowest BCUT2D eigenvalue weighted by molar-refractivity contribution is 0.0599. The summed E-state index contributed by atoms with van der Waals surface area (Å²) >= 11 is 1.95. The van der Waals surface area contributed by atoms with Crippen LogP contribution in [0.1, 0.15) is 29.3 Å². The molecule has 0 aliphatic carbocycles. The second kappa shape index (κ2) is 9.00. The van der Waals surface area contributed by atoms with Crippen LogP contribution in [0.3, 0.4) is 0 Å². The Bertz CT molecular complexity index is 369. The molecule has 0 bridgehead atoms. The van der Waals surface area contributed by atoms with Gasteiger partial charge in [0.2, 0.25) is 0 Å². The van der Waals surface area contributed by atoms with Crippen molar-refractivity contribution in [2.45, 2.75) is 19.9 Å². The Morgan fingerprint density at radius 2 is 2.17 bits per heavy atom. The fraction of sp³-hybridized carbons (Fsp3) is 0.500. The number of thioether (sulfide) groups is 1. The van der Waals surface area contributed by atoms with Gasteiger partial charge in [-0.2, -0.15) is 11.8 Å². The number of methoxy groups -OCH3 is 1. The highest BCUT2D eigenvalue weighted by Crippen LogP contribution is 2.09. The molecule has 1 aromatic rings. The highest BCUT2D eigenvalue weighted by Gasteiger charge is 2.09. The van der Waals surface area contributed by atoms with E-state index in [0.29, 0.717) is 12.1 Å². The van der Waals surface area contributed by atoms with E-state index < -0.39 is 0 Å². The Labute approximate surface area is 113 Å². The third kappa shape index (κ3) is 5.10. The van der Waals surface area contributed by atoms with Crippen LogP contribution in [0.2, 0.25) is 0 Å². The first-order chi connectivity index (χ1) is 8.79. The SMILES string of the molecule is CCSCCCNCc1ccccc1C(=O)OC. The Hall–Kier alpha value is -1.00. The molecule has 1 N–H and O–H groups in total. The molecule has 0 spiro atoms. The van der Waals surface area contributed by atoms with Crippen LogP contribution in [0.5, 0.6) is 0 Å². The van der Waals surface area contributed by atoms with Gasteiger partial charge in [-0.25, -0.2) is 4.79 Å². The van der Waals surface area contributed by atoms with Crippen molar-refractivity contribution in [3.63, 3.8) is 0 Å². The molecule has 0 saturated carbocycles. The van der Waals surface area contributed by atoms with Crippen LogP contribution in [0.4, 0.5) is 0 Å². The number of nitrogens with one attached hydrogen (secondary N) is 1. The Kier molecular flexibility index (Phi) is 7.53. The quantitative estimate of drug-likeness (QED) is 0.580. The molecule has 0 amide bonds. The summed E-state index contributed by atoms with van der Waals surface area (Å²) in [6, 6.07) is 7.56. The van der Waals surface area contributed by atoms with Crippen molar-refractivity contribution in [2.75, 3.05) is 25.2 Å². The van der Waals surface area contributed by atoms with E-state index in [-0.39, 0.29) is 5.97 Å². The zero-order valence-corrected chi connectivity index (χ0v) is 11.9. The van der Waals surface area contributed by atoms with E-state index in [4.69, 9.17) is 4.74 Å². The fourth-order valence-electron chi connectivity index (χ4n) is 1.65. The number of hydrogen-bond donors (Lipinski definition) is 1. The number of carbonyl (C=O) groups is 1. The summed E-state index contributed by atoms with van der Waals surface area (Å²) < 4.78 is 4.77. The van der Waals surface area contributed by atoms with Crippen molar-refractivity contribution >= 4 is 17.7 Å². The maximum absolute atomic E-state index is 11.6. The summed E-state index contributed by atoms with van der Waals surface area (Å²) in [6.07, 6.45) is 1.15. The van der Waals surface area contributed by atoms with Crippen LogP contribution >= 0.6 is 11.8 Å². The minimum absolute atomic E-state index is 0.270. The average Bonchev–Trinajstić information content (AvgIpc) is 2.42. The Balaban J connectivity index is 2.39. The summed E-state index contributed by atoms with van der Waals surface area (Å²) in [6.45, 7) is 3.86. The van der Waals surface area contributed by atoms with Crippen LogP contribution in [-0.2, 0) is 11.3 Å². The van der Waals surface area contributed by atoms with Crippen LogP contribution < -0.4 is 5.32 Å². The van der Waals surface area contributed by atoms with Crippen molar-refractivity contribution in [3.8, 4) is 0 Å². The van der Waals surface area contributed by atoms with Gasteiger partial charge in [0.1, 0.15) is 0 Å². The van der Waals surface area contributed by atoms with Gasteiger partial charge in [-0.15, -0.1) is 0 Å². The van der Waals surface area contributed by atoms with Crippen LogP contribution in [0.15, 0.2) is 24.3 Å². The number of benzene rings is 1. The van der Waals surface area contributed by atoms with Gasteiger partial charge < -0.3 is 10.1 Å². The first-order valence-electron chi connectivity index (χ1n) is 6.24. The lowest BCUT2D eigenvalue weighted by atomic mass is 10.1. The van der Waals surface area contributed by atoms with Crippen molar-refractivity contribution < 1.29 is 9.53 Å². The highest BCUT2D eigenvalue weighted by atomic mass is 32.2. The predicted octanol–water partition coefficient (Wildman–Crippen LogP) is 2.71. The second-order valence-corrected chi connectivity index (χ2v) is 5.27. The molecule has 0 aliphatic rings. The number of rotatable bonds is 8. The van der Waals surface area contributed by atoms with Crippen LogP contribution in [-0.4, -0.2) is 31.1 Å². The number of carbonyl (C=O) groups excluding carboxylic acids is 1. The molecule has 18 heavy (non-hydrogen) atoms. The smallest absolute Gasteiger partial charge is 0.338 e. The molecule has 0 unspecified atom stereocenters. The molecule has 100 valence electrons. The lowest BCUT2D eigenvalue weighted by Crippen LogP contribution is -2.18. The summed E-state index contributed by atoms with van der Waals surface area (Å²) in [5.74, 6) is 2.08. The summed E-state index contributed by atoms with van der Waals surface area (Å²) in [7, 11) is 1.41. The molecule has 4 heteroatoms. The number of ether oxygens (including phenoxy) is 1. The van der Waals surface area contributed by atoms with Gasteiger partial charge in [-0.1, -0.05) is 25.1 Å². The molecule has 0 saturated heterocycles. The third-order valence-corrected chi connectivity index (χ3v) is 3.57. The first-order valence-corrected chi connectivity index (χ1v) is 7.39. The van der Waals surface area contributed by atoms with E-state index >= 15 is 0 Å². The monoisotopic (exact) mass is 267 g/mol.